The van der Waals surface area contributed by atoms with Crippen molar-refractivity contribution in [1.82, 2.24) is 14.9 Å². The molecular weight excluding hydrogens is 376 g/mol. The van der Waals surface area contributed by atoms with E-state index in [2.05, 4.69) is 15.3 Å². The number of hydrogen-bond donors (Lipinski definition) is 1. The minimum absolute atomic E-state index is 0.130. The number of hydrogen-bond acceptors (Lipinski definition) is 4. The summed E-state index contributed by atoms with van der Waals surface area (Å²) in [5, 5.41) is 2.91. The molecule has 0 aliphatic rings. The van der Waals surface area contributed by atoms with Gasteiger partial charge in [0.05, 0.1) is 6.20 Å². The topological polar surface area (TPSA) is 75.2 Å². The van der Waals surface area contributed by atoms with Gasteiger partial charge in [-0.1, -0.05) is 36.4 Å². The fourth-order valence-electron chi connectivity index (χ4n) is 3.07. The zero-order valence-electron chi connectivity index (χ0n) is 17.3. The Labute approximate surface area is 177 Å². The number of rotatable bonds is 8. The standard InChI is InChI=1S/C24H26N4O2/c1-18-8-9-21(16-19(18)2)27-23(29)11-15-28(14-10-20-6-4-3-5-7-20)24(30)22-17-25-12-13-26-22/h3-9,12-13,16-17H,10-11,14-15H2,1-2H3,(H,27,29). The van der Waals surface area contributed by atoms with E-state index in [1.807, 2.05) is 62.4 Å². The van der Waals surface area contributed by atoms with Gasteiger partial charge in [-0.2, -0.15) is 0 Å². The summed E-state index contributed by atoms with van der Waals surface area (Å²) < 4.78 is 0. The molecule has 0 fully saturated rings. The highest BCUT2D eigenvalue weighted by molar-refractivity contribution is 5.93. The first kappa shape index (κ1) is 21.2. The van der Waals surface area contributed by atoms with Crippen LogP contribution in [0.5, 0.6) is 0 Å². The van der Waals surface area contributed by atoms with E-state index in [4.69, 9.17) is 0 Å². The molecule has 6 nitrogen and oxygen atoms in total. The van der Waals surface area contributed by atoms with Gasteiger partial charge in [-0.15, -0.1) is 0 Å². The van der Waals surface area contributed by atoms with Gasteiger partial charge >= 0.3 is 0 Å². The van der Waals surface area contributed by atoms with Crippen LogP contribution in [-0.2, 0) is 11.2 Å². The summed E-state index contributed by atoms with van der Waals surface area (Å²) >= 11 is 0. The van der Waals surface area contributed by atoms with Crippen molar-refractivity contribution >= 4 is 17.5 Å². The molecule has 30 heavy (non-hydrogen) atoms. The van der Waals surface area contributed by atoms with Gasteiger partial charge in [0.1, 0.15) is 5.69 Å². The van der Waals surface area contributed by atoms with E-state index >= 15 is 0 Å². The summed E-state index contributed by atoms with van der Waals surface area (Å²) in [6.07, 6.45) is 5.38. The van der Waals surface area contributed by atoms with Crippen molar-refractivity contribution in [2.24, 2.45) is 0 Å². The summed E-state index contributed by atoms with van der Waals surface area (Å²) in [5.74, 6) is -0.354. The Morgan fingerprint density at radius 3 is 2.47 bits per heavy atom. The zero-order chi connectivity index (χ0) is 21.3. The molecular formula is C24H26N4O2. The second kappa shape index (κ2) is 10.3. The van der Waals surface area contributed by atoms with Gasteiger partial charge < -0.3 is 10.2 Å². The third-order valence-corrected chi connectivity index (χ3v) is 4.98. The molecule has 0 spiro atoms. The lowest BCUT2D eigenvalue weighted by Crippen LogP contribution is -2.36. The molecule has 0 bridgehead atoms. The number of amides is 2. The van der Waals surface area contributed by atoms with Crippen LogP contribution < -0.4 is 5.32 Å². The lowest BCUT2D eigenvalue weighted by Gasteiger charge is -2.22. The Balaban J connectivity index is 1.64. The number of anilines is 1. The Hall–Kier alpha value is -3.54. The number of carbonyl (C=O) groups is 2. The van der Waals surface area contributed by atoms with E-state index in [0.717, 1.165) is 16.8 Å². The molecule has 6 heteroatoms. The van der Waals surface area contributed by atoms with E-state index in [-0.39, 0.29) is 23.9 Å². The van der Waals surface area contributed by atoms with Gasteiger partial charge in [-0.05, 0) is 49.1 Å². The SMILES string of the molecule is Cc1ccc(NC(=O)CCN(CCc2ccccc2)C(=O)c2cnccn2)cc1C. The lowest BCUT2D eigenvalue weighted by atomic mass is 10.1. The summed E-state index contributed by atoms with van der Waals surface area (Å²) in [5.41, 5.74) is 4.47. The predicted molar refractivity (Wildman–Crippen MR) is 117 cm³/mol. The Morgan fingerprint density at radius 2 is 1.77 bits per heavy atom. The van der Waals surface area contributed by atoms with E-state index in [9.17, 15) is 9.59 Å². The number of nitrogens with zero attached hydrogens (tertiary/aromatic N) is 3. The number of aryl methyl sites for hydroxylation is 2. The normalized spacial score (nSPS) is 10.5. The third-order valence-electron chi connectivity index (χ3n) is 4.98. The fourth-order valence-corrected chi connectivity index (χ4v) is 3.07. The number of nitrogens with one attached hydrogen (secondary N) is 1. The van der Waals surface area contributed by atoms with Crippen molar-refractivity contribution in [2.45, 2.75) is 26.7 Å². The second-order valence-corrected chi connectivity index (χ2v) is 7.22. The van der Waals surface area contributed by atoms with E-state index < -0.39 is 0 Å². The van der Waals surface area contributed by atoms with Crippen molar-refractivity contribution in [3.05, 3.63) is 89.5 Å². The number of aromatic nitrogens is 2. The molecule has 0 aliphatic carbocycles. The highest BCUT2D eigenvalue weighted by Crippen LogP contribution is 2.14. The molecule has 1 aromatic heterocycles. The minimum atomic E-state index is -0.224. The van der Waals surface area contributed by atoms with Crippen molar-refractivity contribution in [3.8, 4) is 0 Å². The van der Waals surface area contributed by atoms with Crippen LogP contribution in [0.15, 0.2) is 67.1 Å². The van der Waals surface area contributed by atoms with Crippen LogP contribution in [0.1, 0.15) is 33.6 Å². The Kier molecular flexibility index (Phi) is 7.27. The average molecular weight is 402 g/mol. The molecule has 0 radical (unpaired) electrons. The smallest absolute Gasteiger partial charge is 0.274 e. The number of carbonyl (C=O) groups excluding carboxylic acids is 2. The molecule has 3 rings (SSSR count). The first-order chi connectivity index (χ1) is 14.5. The van der Waals surface area contributed by atoms with Gasteiger partial charge in [0, 0.05) is 37.6 Å². The first-order valence-corrected chi connectivity index (χ1v) is 9.99. The maximum absolute atomic E-state index is 12.9. The summed E-state index contributed by atoms with van der Waals surface area (Å²) in [7, 11) is 0. The second-order valence-electron chi connectivity index (χ2n) is 7.22. The van der Waals surface area contributed by atoms with Gasteiger partial charge in [0.2, 0.25) is 5.91 Å². The largest absolute Gasteiger partial charge is 0.336 e. The van der Waals surface area contributed by atoms with Crippen molar-refractivity contribution < 1.29 is 9.59 Å². The zero-order valence-corrected chi connectivity index (χ0v) is 17.3. The first-order valence-electron chi connectivity index (χ1n) is 9.99. The fraction of sp³-hybridized carbons (Fsp3) is 0.250. The van der Waals surface area contributed by atoms with E-state index in [0.29, 0.717) is 19.5 Å². The molecule has 0 aliphatic heterocycles. The van der Waals surface area contributed by atoms with Gasteiger partial charge in [-0.3, -0.25) is 14.6 Å². The van der Waals surface area contributed by atoms with E-state index in [1.54, 1.807) is 4.90 Å². The summed E-state index contributed by atoms with van der Waals surface area (Å²) in [6.45, 7) is 4.84. The van der Waals surface area contributed by atoms with Gasteiger partial charge in [-0.25, -0.2) is 4.98 Å². The van der Waals surface area contributed by atoms with Crippen LogP contribution in [0, 0.1) is 13.8 Å². The van der Waals surface area contributed by atoms with Gasteiger partial charge in [0.15, 0.2) is 0 Å². The van der Waals surface area contributed by atoms with Crippen molar-refractivity contribution in [1.29, 1.82) is 0 Å². The van der Waals surface area contributed by atoms with Crippen LogP contribution in [-0.4, -0.2) is 39.8 Å². The van der Waals surface area contributed by atoms with Crippen LogP contribution in [0.4, 0.5) is 5.69 Å². The molecule has 0 saturated carbocycles. The molecule has 1 heterocycles. The molecule has 2 aromatic carbocycles. The van der Waals surface area contributed by atoms with Gasteiger partial charge in [0.25, 0.3) is 5.91 Å². The average Bonchev–Trinajstić information content (AvgIpc) is 2.77. The third kappa shape index (κ3) is 5.98. The molecule has 1 N–H and O–H groups in total. The maximum atomic E-state index is 12.9. The quantitative estimate of drug-likeness (QED) is 0.622. The van der Waals surface area contributed by atoms with Crippen LogP contribution in [0.2, 0.25) is 0 Å². The predicted octanol–water partition coefficient (Wildman–Crippen LogP) is 3.81. The van der Waals surface area contributed by atoms with E-state index in [1.165, 1.54) is 24.2 Å². The molecule has 154 valence electrons. The lowest BCUT2D eigenvalue weighted by molar-refractivity contribution is -0.116. The van der Waals surface area contributed by atoms with Crippen LogP contribution in [0.3, 0.4) is 0 Å². The van der Waals surface area contributed by atoms with Crippen LogP contribution in [0.25, 0.3) is 0 Å². The minimum Gasteiger partial charge on any atom is -0.336 e. The van der Waals surface area contributed by atoms with Crippen LogP contribution >= 0.6 is 0 Å². The molecule has 0 unspecified atom stereocenters. The summed E-state index contributed by atoms with van der Waals surface area (Å²) in [4.78, 5) is 35.1. The Bertz CT molecular complexity index is 991. The highest BCUT2D eigenvalue weighted by atomic mass is 16.2. The molecule has 3 aromatic rings. The van der Waals surface area contributed by atoms with Crippen molar-refractivity contribution in [2.75, 3.05) is 18.4 Å². The molecule has 0 atom stereocenters. The maximum Gasteiger partial charge on any atom is 0.274 e. The van der Waals surface area contributed by atoms with Crippen molar-refractivity contribution in [3.63, 3.8) is 0 Å². The Morgan fingerprint density at radius 1 is 0.967 bits per heavy atom. The summed E-state index contributed by atoms with van der Waals surface area (Å²) in [6, 6.07) is 15.8. The molecule has 0 saturated heterocycles. The molecule has 2 amide bonds. The number of benzene rings is 2. The highest BCUT2D eigenvalue weighted by Gasteiger charge is 2.18. The monoisotopic (exact) mass is 402 g/mol.